The molecular formula is C17H13F6N3O5. The van der Waals surface area contributed by atoms with E-state index in [2.05, 4.69) is 4.98 Å². The fourth-order valence-corrected chi connectivity index (χ4v) is 2.18. The van der Waals surface area contributed by atoms with Gasteiger partial charge < -0.3 is 15.2 Å². The van der Waals surface area contributed by atoms with Gasteiger partial charge >= 0.3 is 12.4 Å². The van der Waals surface area contributed by atoms with Crippen molar-refractivity contribution in [3.8, 4) is 5.88 Å². The van der Waals surface area contributed by atoms with Crippen LogP contribution in [0.1, 0.15) is 18.1 Å². The van der Waals surface area contributed by atoms with Crippen molar-refractivity contribution < 1.29 is 45.9 Å². The van der Waals surface area contributed by atoms with Gasteiger partial charge in [0.25, 0.3) is 11.6 Å². The van der Waals surface area contributed by atoms with Gasteiger partial charge in [-0.2, -0.15) is 26.3 Å². The molecule has 1 aromatic carbocycles. The Morgan fingerprint density at radius 1 is 1.16 bits per heavy atom. The van der Waals surface area contributed by atoms with Gasteiger partial charge in [0.15, 0.2) is 5.60 Å². The highest BCUT2D eigenvalue weighted by Gasteiger charge is 2.39. The summed E-state index contributed by atoms with van der Waals surface area (Å²) in [4.78, 5) is 25.1. The van der Waals surface area contributed by atoms with Crippen LogP contribution < -0.4 is 10.1 Å². The minimum Gasteiger partial charge on any atom is -0.474 e. The molecule has 0 saturated heterocycles. The molecule has 2 rings (SSSR count). The van der Waals surface area contributed by atoms with E-state index in [1.165, 1.54) is 0 Å². The number of nitrogens with one attached hydrogen (secondary N) is 1. The number of anilines is 1. The van der Waals surface area contributed by atoms with Crippen molar-refractivity contribution in [2.75, 3.05) is 11.9 Å². The van der Waals surface area contributed by atoms with E-state index in [1.54, 1.807) is 0 Å². The fraction of sp³-hybridized carbons (Fsp3) is 0.294. The largest absolute Gasteiger partial charge is 0.474 e. The average Bonchev–Trinajstić information content (AvgIpc) is 2.65. The van der Waals surface area contributed by atoms with Gasteiger partial charge in [0, 0.05) is 24.0 Å². The zero-order valence-electron chi connectivity index (χ0n) is 15.4. The first-order valence-electron chi connectivity index (χ1n) is 8.17. The summed E-state index contributed by atoms with van der Waals surface area (Å²) in [5.74, 6) is -1.59. The van der Waals surface area contributed by atoms with Gasteiger partial charge in [-0.1, -0.05) is 0 Å². The SMILES string of the molecule is CC(O)(COc1ccc(C(F)(F)F)cn1)C(=O)Nc1ccc([N+](=O)[O-])c(C(F)(F)F)c1. The monoisotopic (exact) mass is 453 g/mol. The first-order chi connectivity index (χ1) is 14.1. The molecule has 0 aliphatic heterocycles. The molecule has 0 aliphatic carbocycles. The highest BCUT2D eigenvalue weighted by molar-refractivity contribution is 5.97. The topological polar surface area (TPSA) is 115 Å². The molecule has 2 N–H and O–H groups in total. The molecule has 14 heteroatoms. The smallest absolute Gasteiger partial charge is 0.423 e. The van der Waals surface area contributed by atoms with Crippen LogP contribution >= 0.6 is 0 Å². The lowest BCUT2D eigenvalue weighted by Crippen LogP contribution is -2.45. The first-order valence-corrected chi connectivity index (χ1v) is 8.17. The zero-order valence-corrected chi connectivity index (χ0v) is 15.4. The van der Waals surface area contributed by atoms with E-state index >= 15 is 0 Å². The number of hydrogen-bond acceptors (Lipinski definition) is 6. The summed E-state index contributed by atoms with van der Waals surface area (Å²) in [6, 6.07) is 3.20. The van der Waals surface area contributed by atoms with Crippen molar-refractivity contribution in [2.45, 2.75) is 24.9 Å². The number of hydrogen-bond donors (Lipinski definition) is 2. The Morgan fingerprint density at radius 3 is 2.29 bits per heavy atom. The number of carbonyl (C=O) groups is 1. The molecule has 1 amide bonds. The molecule has 1 atom stereocenters. The Kier molecular flexibility index (Phi) is 6.44. The number of nitro groups is 1. The quantitative estimate of drug-likeness (QED) is 0.391. The first kappa shape index (κ1) is 23.9. The van der Waals surface area contributed by atoms with E-state index in [-0.39, 0.29) is 5.88 Å². The van der Waals surface area contributed by atoms with Crippen molar-refractivity contribution in [1.82, 2.24) is 4.98 Å². The van der Waals surface area contributed by atoms with Crippen LogP contribution in [0.4, 0.5) is 37.7 Å². The van der Waals surface area contributed by atoms with E-state index < -0.39 is 57.9 Å². The fourth-order valence-electron chi connectivity index (χ4n) is 2.18. The molecule has 1 unspecified atom stereocenters. The third-order valence-electron chi connectivity index (χ3n) is 3.81. The number of pyridine rings is 1. The number of halogens is 6. The highest BCUT2D eigenvalue weighted by atomic mass is 19.4. The molecule has 0 saturated carbocycles. The van der Waals surface area contributed by atoms with Crippen LogP contribution in [0.2, 0.25) is 0 Å². The molecule has 31 heavy (non-hydrogen) atoms. The Labute approximate surface area is 169 Å². The van der Waals surface area contributed by atoms with E-state index in [1.807, 2.05) is 5.32 Å². The van der Waals surface area contributed by atoms with E-state index in [4.69, 9.17) is 4.74 Å². The van der Waals surface area contributed by atoms with Gasteiger partial charge in [0.05, 0.1) is 10.5 Å². The summed E-state index contributed by atoms with van der Waals surface area (Å²) >= 11 is 0. The predicted molar refractivity (Wildman–Crippen MR) is 92.1 cm³/mol. The molecule has 0 spiro atoms. The van der Waals surface area contributed by atoms with Crippen LogP contribution in [-0.4, -0.2) is 33.1 Å². The number of carbonyl (C=O) groups excluding carboxylic acids is 1. The summed E-state index contributed by atoms with van der Waals surface area (Å²) in [7, 11) is 0. The molecule has 0 radical (unpaired) electrons. The maximum absolute atomic E-state index is 13.0. The number of ether oxygens (including phenoxy) is 1. The second kappa shape index (κ2) is 8.37. The van der Waals surface area contributed by atoms with Gasteiger partial charge in [-0.15, -0.1) is 0 Å². The zero-order chi connectivity index (χ0) is 23.6. The molecule has 0 aliphatic rings. The Morgan fingerprint density at radius 2 is 1.81 bits per heavy atom. The summed E-state index contributed by atoms with van der Waals surface area (Å²) in [6.45, 7) is 0.124. The third kappa shape index (κ3) is 6.04. The maximum atomic E-state index is 13.0. The van der Waals surface area contributed by atoms with Crippen molar-refractivity contribution in [3.05, 3.63) is 57.8 Å². The van der Waals surface area contributed by atoms with Crippen LogP contribution in [0.15, 0.2) is 36.5 Å². The highest BCUT2D eigenvalue weighted by Crippen LogP contribution is 2.37. The van der Waals surface area contributed by atoms with E-state index in [0.717, 1.165) is 19.1 Å². The number of alkyl halides is 6. The number of benzene rings is 1. The summed E-state index contributed by atoms with van der Waals surface area (Å²) in [5.41, 5.74) is -6.72. The van der Waals surface area contributed by atoms with Crippen LogP contribution in [-0.2, 0) is 17.1 Å². The molecule has 1 aromatic heterocycles. The normalized spacial score (nSPS) is 13.9. The lowest BCUT2D eigenvalue weighted by molar-refractivity contribution is -0.388. The number of rotatable bonds is 6. The molecule has 1 heterocycles. The van der Waals surface area contributed by atoms with Crippen molar-refractivity contribution in [2.24, 2.45) is 0 Å². The van der Waals surface area contributed by atoms with Crippen LogP contribution in [0.5, 0.6) is 5.88 Å². The minimum atomic E-state index is -5.08. The van der Waals surface area contributed by atoms with Gasteiger partial charge in [-0.3, -0.25) is 14.9 Å². The lowest BCUT2D eigenvalue weighted by Gasteiger charge is -2.22. The summed E-state index contributed by atoms with van der Waals surface area (Å²) < 4.78 is 81.5. The maximum Gasteiger partial charge on any atom is 0.423 e. The van der Waals surface area contributed by atoms with E-state index in [0.29, 0.717) is 24.4 Å². The van der Waals surface area contributed by atoms with Crippen LogP contribution in [0, 0.1) is 10.1 Å². The third-order valence-corrected chi connectivity index (χ3v) is 3.81. The van der Waals surface area contributed by atoms with Crippen LogP contribution in [0.25, 0.3) is 0 Å². The minimum absolute atomic E-state index is 0.324. The number of amides is 1. The molecule has 2 aromatic rings. The average molecular weight is 453 g/mol. The van der Waals surface area contributed by atoms with Gasteiger partial charge in [-0.25, -0.2) is 4.98 Å². The number of nitrogens with zero attached hydrogens (tertiary/aromatic N) is 2. The molecular weight excluding hydrogens is 440 g/mol. The Balaban J connectivity index is 2.11. The standard InChI is InChI=1S/C17H13F6N3O5/c1-15(28,8-31-13-5-2-9(7-24-13)16(18,19)20)14(27)25-10-3-4-12(26(29)30)11(6-10)17(21,22)23/h2-7,28H,8H2,1H3,(H,25,27). The Bertz CT molecular complexity index is 974. The van der Waals surface area contributed by atoms with Crippen molar-refractivity contribution in [1.29, 1.82) is 0 Å². The van der Waals surface area contributed by atoms with Gasteiger partial charge in [0.1, 0.15) is 12.2 Å². The number of aliphatic hydroxyl groups is 1. The second-order valence-electron chi connectivity index (χ2n) is 6.39. The van der Waals surface area contributed by atoms with Crippen molar-refractivity contribution >= 4 is 17.3 Å². The number of nitro benzene ring substituents is 1. The van der Waals surface area contributed by atoms with Gasteiger partial charge in [-0.05, 0) is 25.1 Å². The molecule has 8 nitrogen and oxygen atoms in total. The predicted octanol–water partition coefficient (Wildman–Crippen LogP) is 3.80. The molecule has 0 bridgehead atoms. The van der Waals surface area contributed by atoms with Crippen LogP contribution in [0.3, 0.4) is 0 Å². The molecule has 168 valence electrons. The summed E-state index contributed by atoms with van der Waals surface area (Å²) in [5, 5.41) is 22.9. The second-order valence-corrected chi connectivity index (χ2v) is 6.39. The van der Waals surface area contributed by atoms with Crippen molar-refractivity contribution in [3.63, 3.8) is 0 Å². The lowest BCUT2D eigenvalue weighted by atomic mass is 10.1. The molecule has 0 fully saturated rings. The Hall–Kier alpha value is -3.42. The summed E-state index contributed by atoms with van der Waals surface area (Å²) in [6.07, 6.45) is -9.24. The van der Waals surface area contributed by atoms with Gasteiger partial charge in [0.2, 0.25) is 5.88 Å². The number of aromatic nitrogens is 1. The van der Waals surface area contributed by atoms with E-state index in [9.17, 15) is 46.4 Å².